The van der Waals surface area contributed by atoms with Crippen LogP contribution in [0.15, 0.2) is 97.1 Å². The molecule has 0 saturated carbocycles. The molecule has 0 aliphatic rings. The Hall–Kier alpha value is -3.63. The average Bonchev–Trinajstić information content (AvgIpc) is 2.99. The molecule has 0 radical (unpaired) electrons. The molecule has 0 unspecified atom stereocenters. The van der Waals surface area contributed by atoms with E-state index in [0.29, 0.717) is 30.8 Å². The zero-order valence-corrected chi connectivity index (χ0v) is 25.4. The first-order valence-corrected chi connectivity index (χ1v) is 14.9. The summed E-state index contributed by atoms with van der Waals surface area (Å²) in [5.74, 6) is -0.301. The monoisotopic (exact) mass is 574 g/mol. The molecule has 4 aromatic carbocycles. The fourth-order valence-corrected chi connectivity index (χ4v) is 5.27. The third-order valence-corrected chi connectivity index (χ3v) is 7.61. The van der Waals surface area contributed by atoms with Crippen LogP contribution in [0.4, 0.5) is 5.69 Å². The zero-order valence-electron chi connectivity index (χ0n) is 24.6. The Labute approximate surface area is 264 Å². The minimum Gasteiger partial charge on any atom is -0.548 e. The van der Waals surface area contributed by atoms with Crippen LogP contribution in [0.2, 0.25) is 0 Å². The van der Waals surface area contributed by atoms with Crippen molar-refractivity contribution in [3.8, 4) is 16.9 Å². The number of anilines is 1. The first-order valence-electron chi connectivity index (χ1n) is 13.5. The number of carbonyl (C=O) groups is 2. The molecule has 0 bridgehead atoms. The Morgan fingerprint density at radius 3 is 2.24 bits per heavy atom. The van der Waals surface area contributed by atoms with Gasteiger partial charge in [-0.3, -0.25) is 4.79 Å². The third-order valence-electron chi connectivity index (χ3n) is 6.97. The summed E-state index contributed by atoms with van der Waals surface area (Å²) in [5, 5.41) is 14.4. The molecule has 1 atom stereocenters. The van der Waals surface area contributed by atoms with Gasteiger partial charge in [0.25, 0.3) is 5.91 Å². The van der Waals surface area contributed by atoms with Gasteiger partial charge in [-0.25, -0.2) is 0 Å². The molecule has 42 heavy (non-hydrogen) atoms. The Morgan fingerprint density at radius 2 is 1.57 bits per heavy atom. The van der Waals surface area contributed by atoms with Crippen LogP contribution in [0, 0.1) is 6.92 Å². The van der Waals surface area contributed by atoms with Crippen molar-refractivity contribution in [2.45, 2.75) is 32.5 Å². The van der Waals surface area contributed by atoms with Gasteiger partial charge in [0.05, 0.1) is 19.1 Å². The number of aliphatic carboxylic acids is 1. The summed E-state index contributed by atoms with van der Waals surface area (Å²) in [6, 6.07) is 30.8. The number of nitrogens with zero attached hydrogens (tertiary/aromatic N) is 1. The van der Waals surface area contributed by atoms with Crippen LogP contribution in [0.1, 0.15) is 33.5 Å². The van der Waals surface area contributed by atoms with Gasteiger partial charge in [0.15, 0.2) is 0 Å². The minimum atomic E-state index is -1.28. The number of hydrogen-bond acceptors (Lipinski definition) is 6. The largest absolute Gasteiger partial charge is 1.00 e. The molecular formula is C34H35LiN2O4S. The molecule has 0 heterocycles. The molecular weight excluding hydrogens is 539 g/mol. The molecule has 1 N–H and O–H groups in total. The van der Waals surface area contributed by atoms with Crippen LogP contribution in [-0.4, -0.2) is 37.0 Å². The third kappa shape index (κ3) is 8.69. The van der Waals surface area contributed by atoms with Crippen LogP contribution in [0.5, 0.6) is 5.75 Å². The number of thioether (sulfide) groups is 1. The van der Waals surface area contributed by atoms with Gasteiger partial charge in [0, 0.05) is 24.3 Å². The Balaban J connectivity index is 0.00000484. The van der Waals surface area contributed by atoms with E-state index in [1.807, 2.05) is 86.0 Å². The second-order valence-corrected chi connectivity index (χ2v) is 10.9. The maximum Gasteiger partial charge on any atom is 1.00 e. The van der Waals surface area contributed by atoms with E-state index in [4.69, 9.17) is 4.74 Å². The number of amides is 1. The Bertz CT molecular complexity index is 1480. The molecule has 0 spiro atoms. The smallest absolute Gasteiger partial charge is 0.548 e. The number of carboxylic acids is 1. The van der Waals surface area contributed by atoms with Crippen molar-refractivity contribution < 1.29 is 38.3 Å². The van der Waals surface area contributed by atoms with Gasteiger partial charge < -0.3 is 24.9 Å². The van der Waals surface area contributed by atoms with Gasteiger partial charge in [-0.1, -0.05) is 60.7 Å². The van der Waals surface area contributed by atoms with E-state index in [9.17, 15) is 14.7 Å². The summed E-state index contributed by atoms with van der Waals surface area (Å²) < 4.78 is 5.44. The second-order valence-electron chi connectivity index (χ2n) is 9.86. The number of carboxylic acid groups (broad SMARTS) is 1. The van der Waals surface area contributed by atoms with Crippen molar-refractivity contribution in [1.82, 2.24) is 5.32 Å². The zero-order chi connectivity index (χ0) is 29.2. The maximum atomic E-state index is 13.5. The molecule has 4 aromatic rings. The van der Waals surface area contributed by atoms with Crippen LogP contribution in [-0.2, 0) is 17.9 Å². The fraction of sp³-hybridized carbons (Fsp3) is 0.235. The first kappa shape index (κ1) is 32.9. The minimum absolute atomic E-state index is 0. The van der Waals surface area contributed by atoms with E-state index < -0.39 is 17.9 Å². The molecule has 212 valence electrons. The van der Waals surface area contributed by atoms with E-state index >= 15 is 0 Å². The van der Waals surface area contributed by atoms with E-state index in [0.717, 1.165) is 39.3 Å². The summed E-state index contributed by atoms with van der Waals surface area (Å²) >= 11 is 1.53. The van der Waals surface area contributed by atoms with E-state index in [2.05, 4.69) is 28.4 Å². The van der Waals surface area contributed by atoms with Gasteiger partial charge >= 0.3 is 18.9 Å². The number of benzene rings is 4. The fourth-order valence-electron chi connectivity index (χ4n) is 4.80. The molecule has 0 aromatic heterocycles. The van der Waals surface area contributed by atoms with Crippen molar-refractivity contribution in [3.05, 3.63) is 119 Å². The van der Waals surface area contributed by atoms with Gasteiger partial charge in [0.2, 0.25) is 0 Å². The van der Waals surface area contributed by atoms with Crippen LogP contribution in [0.25, 0.3) is 11.1 Å². The number of aryl methyl sites for hydroxylation is 1. The molecule has 4 rings (SSSR count). The normalized spacial score (nSPS) is 11.2. The van der Waals surface area contributed by atoms with Crippen molar-refractivity contribution in [3.63, 3.8) is 0 Å². The number of hydrogen-bond donors (Lipinski definition) is 1. The standard InChI is InChI=1S/C34H36N2O4S.Li/c1-24-10-7-8-15-29(24)31-21-26(16-17-30(31)33(37)35-32(34(38)39)18-19-41-3)23-36(27-12-5-4-6-13-27)22-25-11-9-14-28(20-25)40-2;/h4-17,20-21,32H,18-19,22-23H2,1-3H3,(H,35,37)(H,38,39);/q;+1/p-1/t32-;/m0./s1. The summed E-state index contributed by atoms with van der Waals surface area (Å²) in [5.41, 5.74) is 6.33. The molecule has 6 nitrogen and oxygen atoms in total. The van der Waals surface area contributed by atoms with Crippen molar-refractivity contribution in [1.29, 1.82) is 0 Å². The van der Waals surface area contributed by atoms with E-state index in [1.165, 1.54) is 11.8 Å². The van der Waals surface area contributed by atoms with Gasteiger partial charge in [0.1, 0.15) is 5.75 Å². The second kappa shape index (κ2) is 16.1. The Kier molecular flexibility index (Phi) is 12.6. The van der Waals surface area contributed by atoms with Crippen LogP contribution < -0.4 is 38.9 Å². The molecule has 0 saturated heterocycles. The van der Waals surface area contributed by atoms with Gasteiger partial charge in [-0.05, 0) is 89.6 Å². The number of para-hydroxylation sites is 1. The number of rotatable bonds is 13. The van der Waals surface area contributed by atoms with Crippen molar-refractivity contribution >= 4 is 29.3 Å². The summed E-state index contributed by atoms with van der Waals surface area (Å²) in [7, 11) is 1.66. The molecule has 1 amide bonds. The van der Waals surface area contributed by atoms with Crippen molar-refractivity contribution in [2.24, 2.45) is 0 Å². The molecule has 0 aliphatic carbocycles. The summed E-state index contributed by atoms with van der Waals surface area (Å²) in [4.78, 5) is 27.5. The SMILES string of the molecule is COc1cccc(CN(Cc2ccc(C(=O)N[C@@H](CCSC)C(=O)[O-])c(-c3ccccc3C)c2)c2ccccc2)c1.[Li+]. The number of carbonyl (C=O) groups excluding carboxylic acids is 2. The average molecular weight is 575 g/mol. The summed E-state index contributed by atoms with van der Waals surface area (Å²) in [6.45, 7) is 3.26. The molecule has 8 heteroatoms. The van der Waals surface area contributed by atoms with Gasteiger partial charge in [-0.15, -0.1) is 0 Å². The summed E-state index contributed by atoms with van der Waals surface area (Å²) in [6.07, 6.45) is 2.19. The predicted octanol–water partition coefficient (Wildman–Crippen LogP) is 2.48. The number of nitrogens with one attached hydrogen (secondary N) is 1. The van der Waals surface area contributed by atoms with Crippen LogP contribution >= 0.6 is 11.8 Å². The number of methoxy groups -OCH3 is 1. The predicted molar refractivity (Wildman–Crippen MR) is 165 cm³/mol. The first-order chi connectivity index (χ1) is 19.9. The number of ether oxygens (including phenoxy) is 1. The van der Waals surface area contributed by atoms with E-state index in [1.54, 1.807) is 13.2 Å². The topological polar surface area (TPSA) is 81.7 Å². The van der Waals surface area contributed by atoms with Gasteiger partial charge in [-0.2, -0.15) is 11.8 Å². The van der Waals surface area contributed by atoms with Crippen LogP contribution in [0.3, 0.4) is 0 Å². The molecule has 0 aliphatic heterocycles. The Morgan fingerprint density at radius 1 is 0.881 bits per heavy atom. The van der Waals surface area contributed by atoms with Crippen molar-refractivity contribution in [2.75, 3.05) is 24.0 Å². The maximum absolute atomic E-state index is 13.5. The molecule has 0 fully saturated rings. The van der Waals surface area contributed by atoms with E-state index in [-0.39, 0.29) is 18.9 Å². The quantitative estimate of drug-likeness (QED) is 0.247.